The molecule has 0 bridgehead atoms. The van der Waals surface area contributed by atoms with E-state index in [9.17, 15) is 4.39 Å². The summed E-state index contributed by atoms with van der Waals surface area (Å²) >= 11 is 12.5. The number of hydrogen-bond donors (Lipinski definition) is 0. The number of aromatic nitrogens is 1. The van der Waals surface area contributed by atoms with Crippen molar-refractivity contribution in [3.8, 4) is 0 Å². The molecule has 1 heterocycles. The second-order valence-electron chi connectivity index (χ2n) is 4.69. The number of halogens is 3. The van der Waals surface area contributed by atoms with Gasteiger partial charge in [-0.25, -0.2) is 4.39 Å². The zero-order valence-electron chi connectivity index (χ0n) is 9.77. The molecule has 18 heavy (non-hydrogen) atoms. The van der Waals surface area contributed by atoms with Crippen LogP contribution < -0.4 is 0 Å². The predicted molar refractivity (Wildman–Crippen MR) is 73.0 cm³/mol. The van der Waals surface area contributed by atoms with Crippen LogP contribution in [0.25, 0.3) is 10.9 Å². The number of rotatable bonds is 0. The largest absolute Gasteiger partial charge is 0.252 e. The number of nitrogens with zero attached hydrogens (tertiary/aromatic N) is 1. The van der Waals surface area contributed by atoms with Crippen LogP contribution in [0.5, 0.6) is 0 Å². The van der Waals surface area contributed by atoms with Gasteiger partial charge in [-0.2, -0.15) is 0 Å². The summed E-state index contributed by atoms with van der Waals surface area (Å²) in [6.07, 6.45) is 5.28. The zero-order valence-corrected chi connectivity index (χ0v) is 11.3. The van der Waals surface area contributed by atoms with Crippen LogP contribution in [0.4, 0.5) is 4.39 Å². The third kappa shape index (κ3) is 1.98. The Labute approximate surface area is 115 Å². The van der Waals surface area contributed by atoms with Gasteiger partial charge in [0.2, 0.25) is 0 Å². The molecule has 0 saturated heterocycles. The summed E-state index contributed by atoms with van der Waals surface area (Å²) in [6, 6.07) is 2.69. The first-order valence-electron chi connectivity index (χ1n) is 6.13. The van der Waals surface area contributed by atoms with E-state index in [4.69, 9.17) is 23.2 Å². The van der Waals surface area contributed by atoms with Crippen LogP contribution in [-0.4, -0.2) is 4.98 Å². The topological polar surface area (TPSA) is 12.9 Å². The maximum Gasteiger partial charge on any atom is 0.126 e. The van der Waals surface area contributed by atoms with Gasteiger partial charge in [0.05, 0.1) is 15.6 Å². The van der Waals surface area contributed by atoms with Gasteiger partial charge in [-0.3, -0.25) is 4.98 Å². The Morgan fingerprint density at radius 3 is 2.67 bits per heavy atom. The monoisotopic (exact) mass is 283 g/mol. The van der Waals surface area contributed by atoms with E-state index in [1.165, 1.54) is 18.6 Å². The molecule has 1 aliphatic rings. The number of benzene rings is 1. The van der Waals surface area contributed by atoms with Gasteiger partial charge in [0.1, 0.15) is 5.82 Å². The van der Waals surface area contributed by atoms with Crippen LogP contribution in [0.1, 0.15) is 30.5 Å². The van der Waals surface area contributed by atoms with Gasteiger partial charge in [0.25, 0.3) is 0 Å². The van der Waals surface area contributed by atoms with Gasteiger partial charge in [0.15, 0.2) is 0 Å². The quantitative estimate of drug-likeness (QED) is 0.624. The molecule has 94 valence electrons. The van der Waals surface area contributed by atoms with Gasteiger partial charge in [-0.15, -0.1) is 0 Å². The summed E-state index contributed by atoms with van der Waals surface area (Å²) < 4.78 is 13.4. The summed E-state index contributed by atoms with van der Waals surface area (Å²) in [7, 11) is 0. The van der Waals surface area contributed by atoms with E-state index in [2.05, 4.69) is 4.98 Å². The molecule has 4 heteroatoms. The molecule has 1 aliphatic carbocycles. The maximum absolute atomic E-state index is 13.4. The standard InChI is InChI=1S/C14H12Cl2FN/c15-10-6-8(17)7-12-13(10)14(16)9-4-2-1-3-5-11(9)18-12/h6-7H,1-5H2. The Morgan fingerprint density at radius 2 is 1.83 bits per heavy atom. The molecular formula is C14H12Cl2FN. The molecule has 1 nitrogen and oxygen atoms in total. The molecule has 2 aromatic rings. The van der Waals surface area contributed by atoms with Crippen molar-refractivity contribution in [2.45, 2.75) is 32.1 Å². The van der Waals surface area contributed by atoms with Gasteiger partial charge >= 0.3 is 0 Å². The van der Waals surface area contributed by atoms with E-state index in [0.29, 0.717) is 20.9 Å². The van der Waals surface area contributed by atoms with Crippen molar-refractivity contribution in [2.75, 3.05) is 0 Å². The SMILES string of the molecule is Fc1cc(Cl)c2c(Cl)c3c(nc2c1)CCCCC3. The van der Waals surface area contributed by atoms with E-state index in [-0.39, 0.29) is 5.82 Å². The van der Waals surface area contributed by atoms with E-state index in [1.807, 2.05) is 0 Å². The normalized spacial score (nSPS) is 15.5. The zero-order chi connectivity index (χ0) is 12.7. The summed E-state index contributed by atoms with van der Waals surface area (Å²) in [6.45, 7) is 0. The molecule has 1 aromatic carbocycles. The molecule has 0 amide bonds. The van der Waals surface area contributed by atoms with E-state index in [1.54, 1.807) is 0 Å². The lowest BCUT2D eigenvalue weighted by Gasteiger charge is -2.11. The highest BCUT2D eigenvalue weighted by Gasteiger charge is 2.18. The summed E-state index contributed by atoms with van der Waals surface area (Å²) in [5.41, 5.74) is 2.66. The summed E-state index contributed by atoms with van der Waals surface area (Å²) in [4.78, 5) is 4.55. The van der Waals surface area contributed by atoms with Crippen molar-refractivity contribution in [3.05, 3.63) is 39.3 Å². The molecule has 0 radical (unpaired) electrons. The van der Waals surface area contributed by atoms with Gasteiger partial charge in [-0.1, -0.05) is 29.6 Å². The Hall–Kier alpha value is -0.860. The molecule has 0 saturated carbocycles. The fourth-order valence-corrected chi connectivity index (χ4v) is 3.33. The molecule has 3 rings (SSSR count). The minimum Gasteiger partial charge on any atom is -0.252 e. The van der Waals surface area contributed by atoms with Crippen LogP contribution in [0.2, 0.25) is 10.0 Å². The number of aryl methyl sites for hydroxylation is 1. The molecule has 0 fully saturated rings. The molecule has 1 aromatic heterocycles. The van der Waals surface area contributed by atoms with Gasteiger partial charge < -0.3 is 0 Å². The lowest BCUT2D eigenvalue weighted by atomic mass is 10.0. The third-order valence-electron chi connectivity index (χ3n) is 3.46. The number of fused-ring (bicyclic) bond motifs is 2. The van der Waals surface area contributed by atoms with E-state index in [0.717, 1.165) is 36.9 Å². The predicted octanol–water partition coefficient (Wildman–Crippen LogP) is 4.95. The molecule has 0 N–H and O–H groups in total. The average molecular weight is 284 g/mol. The summed E-state index contributed by atoms with van der Waals surface area (Å²) in [5, 5.41) is 1.68. The van der Waals surface area contributed by atoms with E-state index < -0.39 is 0 Å². The second kappa shape index (κ2) is 4.67. The third-order valence-corrected chi connectivity index (χ3v) is 4.18. The molecule has 0 atom stereocenters. The minimum atomic E-state index is -0.371. The number of hydrogen-bond acceptors (Lipinski definition) is 1. The van der Waals surface area contributed by atoms with Gasteiger partial charge in [-0.05, 0) is 37.3 Å². The molecule has 0 unspecified atom stereocenters. The Bertz CT molecular complexity index is 625. The smallest absolute Gasteiger partial charge is 0.126 e. The Morgan fingerprint density at radius 1 is 1.06 bits per heavy atom. The van der Waals surface area contributed by atoms with Crippen LogP contribution in [0.3, 0.4) is 0 Å². The van der Waals surface area contributed by atoms with E-state index >= 15 is 0 Å². The number of pyridine rings is 1. The maximum atomic E-state index is 13.4. The van der Waals surface area contributed by atoms with Crippen molar-refractivity contribution >= 4 is 34.1 Å². The second-order valence-corrected chi connectivity index (χ2v) is 5.48. The Balaban J connectivity index is 2.34. The van der Waals surface area contributed by atoms with Crippen LogP contribution in [0.15, 0.2) is 12.1 Å². The first-order chi connectivity index (χ1) is 8.66. The summed E-state index contributed by atoms with van der Waals surface area (Å²) in [5.74, 6) is -0.371. The fourth-order valence-electron chi connectivity index (χ4n) is 2.59. The molecule has 0 aliphatic heterocycles. The van der Waals surface area contributed by atoms with Crippen molar-refractivity contribution < 1.29 is 4.39 Å². The fraction of sp³-hybridized carbons (Fsp3) is 0.357. The van der Waals surface area contributed by atoms with Crippen LogP contribution in [0, 0.1) is 5.82 Å². The average Bonchev–Trinajstić information content (AvgIpc) is 2.53. The van der Waals surface area contributed by atoms with Gasteiger partial charge in [0, 0.05) is 17.1 Å². The highest BCUT2D eigenvalue weighted by atomic mass is 35.5. The molecule has 0 spiro atoms. The lowest BCUT2D eigenvalue weighted by molar-refractivity contribution is 0.629. The lowest BCUT2D eigenvalue weighted by Crippen LogP contribution is -1.99. The molecular weight excluding hydrogens is 272 g/mol. The van der Waals surface area contributed by atoms with Crippen molar-refractivity contribution in [3.63, 3.8) is 0 Å². The first-order valence-corrected chi connectivity index (χ1v) is 6.88. The minimum absolute atomic E-state index is 0.342. The van der Waals surface area contributed by atoms with Crippen molar-refractivity contribution in [1.29, 1.82) is 0 Å². The highest BCUT2D eigenvalue weighted by molar-refractivity contribution is 6.42. The highest BCUT2D eigenvalue weighted by Crippen LogP contribution is 2.36. The first kappa shape index (κ1) is 12.2. The van der Waals surface area contributed by atoms with Crippen LogP contribution >= 0.6 is 23.2 Å². The van der Waals surface area contributed by atoms with Crippen molar-refractivity contribution in [1.82, 2.24) is 4.98 Å². The van der Waals surface area contributed by atoms with Crippen LogP contribution in [-0.2, 0) is 12.8 Å². The van der Waals surface area contributed by atoms with Crippen molar-refractivity contribution in [2.24, 2.45) is 0 Å². The Kier molecular flexibility index (Phi) is 3.16.